The first-order valence-electron chi connectivity index (χ1n) is 6.00. The van der Waals surface area contributed by atoms with Crippen LogP contribution >= 0.6 is 11.8 Å². The molecule has 19 heavy (non-hydrogen) atoms. The third-order valence-electron chi connectivity index (χ3n) is 2.80. The largest absolute Gasteiger partial charge is 0.312 e. The molecule has 0 saturated heterocycles. The van der Waals surface area contributed by atoms with Crippen molar-refractivity contribution in [2.75, 3.05) is 12.8 Å². The summed E-state index contributed by atoms with van der Waals surface area (Å²) in [6, 6.07) is 13.5. The van der Waals surface area contributed by atoms with Crippen LogP contribution in [0.15, 0.2) is 53.4 Å². The Hall–Kier alpha value is -1.39. The highest BCUT2D eigenvalue weighted by atomic mass is 32.2. The molecule has 0 saturated carbocycles. The highest BCUT2D eigenvalue weighted by molar-refractivity contribution is 7.99. The lowest BCUT2D eigenvalue weighted by Gasteiger charge is -2.16. The Morgan fingerprint density at radius 3 is 2.26 bits per heavy atom. The molecule has 0 aliphatic carbocycles. The van der Waals surface area contributed by atoms with Gasteiger partial charge >= 0.3 is 0 Å². The van der Waals surface area contributed by atoms with Crippen LogP contribution in [0, 0.1) is 11.6 Å². The van der Waals surface area contributed by atoms with E-state index in [9.17, 15) is 8.78 Å². The van der Waals surface area contributed by atoms with Crippen molar-refractivity contribution in [1.29, 1.82) is 0 Å². The Morgan fingerprint density at radius 2 is 1.68 bits per heavy atom. The van der Waals surface area contributed by atoms with E-state index in [4.69, 9.17) is 0 Å². The lowest BCUT2D eigenvalue weighted by atomic mass is 10.1. The number of rotatable bonds is 5. The van der Waals surface area contributed by atoms with Gasteiger partial charge in [0.05, 0.1) is 0 Å². The molecule has 0 amide bonds. The molecule has 0 bridgehead atoms. The molecule has 0 aromatic heterocycles. The molecule has 0 aliphatic rings. The van der Waals surface area contributed by atoms with Crippen molar-refractivity contribution in [3.05, 3.63) is 65.7 Å². The Morgan fingerprint density at radius 1 is 1.05 bits per heavy atom. The summed E-state index contributed by atoms with van der Waals surface area (Å²) in [5, 5.41) is 3.09. The zero-order chi connectivity index (χ0) is 13.7. The normalized spacial score (nSPS) is 12.4. The van der Waals surface area contributed by atoms with Crippen molar-refractivity contribution in [3.8, 4) is 0 Å². The van der Waals surface area contributed by atoms with Gasteiger partial charge in [0.1, 0.15) is 11.6 Å². The molecule has 0 spiro atoms. The van der Waals surface area contributed by atoms with Crippen molar-refractivity contribution in [1.82, 2.24) is 5.32 Å². The SMILES string of the molecule is CNC(CSc1ccccc1)c1cc(F)cc(F)c1. The quantitative estimate of drug-likeness (QED) is 0.830. The third kappa shape index (κ3) is 4.04. The Balaban J connectivity index is 2.07. The molecule has 0 fully saturated rings. The Labute approximate surface area is 116 Å². The van der Waals surface area contributed by atoms with Gasteiger partial charge in [-0.15, -0.1) is 11.8 Å². The van der Waals surface area contributed by atoms with Gasteiger partial charge in [0.25, 0.3) is 0 Å². The zero-order valence-corrected chi connectivity index (χ0v) is 11.4. The number of halogens is 2. The highest BCUT2D eigenvalue weighted by Crippen LogP contribution is 2.25. The maximum absolute atomic E-state index is 13.2. The van der Waals surface area contributed by atoms with Crippen LogP contribution in [0.25, 0.3) is 0 Å². The average molecular weight is 279 g/mol. The van der Waals surface area contributed by atoms with E-state index in [0.29, 0.717) is 11.3 Å². The van der Waals surface area contributed by atoms with Crippen LogP contribution in [0.1, 0.15) is 11.6 Å². The van der Waals surface area contributed by atoms with Gasteiger partial charge in [-0.3, -0.25) is 0 Å². The fourth-order valence-electron chi connectivity index (χ4n) is 1.82. The van der Waals surface area contributed by atoms with E-state index in [0.717, 1.165) is 11.0 Å². The molecular weight excluding hydrogens is 264 g/mol. The van der Waals surface area contributed by atoms with Crippen molar-refractivity contribution < 1.29 is 8.78 Å². The van der Waals surface area contributed by atoms with Crippen LogP contribution in [-0.4, -0.2) is 12.8 Å². The van der Waals surface area contributed by atoms with Crippen LogP contribution in [0.5, 0.6) is 0 Å². The van der Waals surface area contributed by atoms with E-state index in [1.165, 1.54) is 12.1 Å². The zero-order valence-electron chi connectivity index (χ0n) is 10.6. The van der Waals surface area contributed by atoms with E-state index in [1.54, 1.807) is 18.8 Å². The smallest absolute Gasteiger partial charge is 0.126 e. The Kier molecular flexibility index (Phi) is 4.93. The molecular formula is C15H15F2NS. The molecule has 1 unspecified atom stereocenters. The summed E-state index contributed by atoms with van der Waals surface area (Å²) in [5.74, 6) is -0.372. The van der Waals surface area contributed by atoms with Crippen molar-refractivity contribution in [2.45, 2.75) is 10.9 Å². The minimum Gasteiger partial charge on any atom is -0.312 e. The number of hydrogen-bond donors (Lipinski definition) is 1. The Bertz CT molecular complexity index is 511. The van der Waals surface area contributed by atoms with Crippen LogP contribution in [0.2, 0.25) is 0 Å². The minimum absolute atomic E-state index is 0.0876. The lowest BCUT2D eigenvalue weighted by Crippen LogP contribution is -2.19. The molecule has 0 aliphatic heterocycles. The fraction of sp³-hybridized carbons (Fsp3) is 0.200. The molecule has 2 rings (SSSR count). The average Bonchev–Trinajstić information content (AvgIpc) is 2.39. The molecule has 1 nitrogen and oxygen atoms in total. The summed E-state index contributed by atoms with van der Waals surface area (Å²) in [7, 11) is 1.79. The predicted molar refractivity (Wildman–Crippen MR) is 75.3 cm³/mol. The van der Waals surface area contributed by atoms with Crippen molar-refractivity contribution in [3.63, 3.8) is 0 Å². The molecule has 4 heteroatoms. The highest BCUT2D eigenvalue weighted by Gasteiger charge is 2.12. The molecule has 0 heterocycles. The van der Waals surface area contributed by atoms with Gasteiger partial charge in [0.15, 0.2) is 0 Å². The first-order valence-corrected chi connectivity index (χ1v) is 6.98. The van der Waals surface area contributed by atoms with E-state index in [1.807, 2.05) is 30.3 Å². The second-order valence-corrected chi connectivity index (χ2v) is 5.26. The molecule has 1 N–H and O–H groups in total. The van der Waals surface area contributed by atoms with Gasteiger partial charge in [-0.2, -0.15) is 0 Å². The summed E-state index contributed by atoms with van der Waals surface area (Å²) in [5.41, 5.74) is 0.628. The van der Waals surface area contributed by atoms with Gasteiger partial charge in [-0.1, -0.05) is 18.2 Å². The number of hydrogen-bond acceptors (Lipinski definition) is 2. The molecule has 100 valence electrons. The van der Waals surface area contributed by atoms with Crippen molar-refractivity contribution >= 4 is 11.8 Å². The fourth-order valence-corrected chi connectivity index (χ4v) is 2.89. The van der Waals surface area contributed by atoms with Crippen molar-refractivity contribution in [2.24, 2.45) is 0 Å². The molecule has 0 radical (unpaired) electrons. The van der Waals surface area contributed by atoms with Crippen LogP contribution in [-0.2, 0) is 0 Å². The number of thioether (sulfide) groups is 1. The number of nitrogens with one attached hydrogen (secondary N) is 1. The summed E-state index contributed by atoms with van der Waals surface area (Å²) in [6.07, 6.45) is 0. The van der Waals surface area contributed by atoms with E-state index >= 15 is 0 Å². The molecule has 2 aromatic rings. The van der Waals surface area contributed by atoms with Gasteiger partial charge in [0.2, 0.25) is 0 Å². The van der Waals surface area contributed by atoms with Crippen LogP contribution < -0.4 is 5.32 Å². The predicted octanol–water partition coefficient (Wildman–Crippen LogP) is 4.02. The van der Waals surface area contributed by atoms with Gasteiger partial charge in [0, 0.05) is 22.8 Å². The minimum atomic E-state index is -0.542. The summed E-state index contributed by atoms with van der Waals surface area (Å²) in [4.78, 5) is 1.14. The lowest BCUT2D eigenvalue weighted by molar-refractivity contribution is 0.568. The van der Waals surface area contributed by atoms with Gasteiger partial charge in [-0.05, 0) is 36.9 Å². The topological polar surface area (TPSA) is 12.0 Å². The van der Waals surface area contributed by atoms with E-state index in [2.05, 4.69) is 5.32 Å². The maximum atomic E-state index is 13.2. The standard InChI is InChI=1S/C15H15F2NS/c1-18-15(10-19-14-5-3-2-4-6-14)11-7-12(16)9-13(17)8-11/h2-9,15,18H,10H2,1H3. The second-order valence-electron chi connectivity index (χ2n) is 4.17. The maximum Gasteiger partial charge on any atom is 0.126 e. The monoisotopic (exact) mass is 279 g/mol. The molecule has 2 aromatic carbocycles. The van der Waals surface area contributed by atoms with Crippen LogP contribution in [0.4, 0.5) is 8.78 Å². The summed E-state index contributed by atoms with van der Waals surface area (Å²) < 4.78 is 26.4. The second kappa shape index (κ2) is 6.68. The van der Waals surface area contributed by atoms with Crippen LogP contribution in [0.3, 0.4) is 0 Å². The first kappa shape index (κ1) is 14.0. The number of benzene rings is 2. The van der Waals surface area contributed by atoms with E-state index < -0.39 is 11.6 Å². The van der Waals surface area contributed by atoms with E-state index in [-0.39, 0.29) is 6.04 Å². The summed E-state index contributed by atoms with van der Waals surface area (Å²) in [6.45, 7) is 0. The third-order valence-corrected chi connectivity index (χ3v) is 3.90. The first-order chi connectivity index (χ1) is 9.19. The molecule has 1 atom stereocenters. The van der Waals surface area contributed by atoms with Gasteiger partial charge in [-0.25, -0.2) is 8.78 Å². The summed E-state index contributed by atoms with van der Waals surface area (Å²) >= 11 is 1.65. The van der Waals surface area contributed by atoms with Gasteiger partial charge < -0.3 is 5.32 Å².